The van der Waals surface area contributed by atoms with Crippen LogP contribution in [0.2, 0.25) is 0 Å². The van der Waals surface area contributed by atoms with Gasteiger partial charge < -0.3 is 10.2 Å². The third-order valence-corrected chi connectivity index (χ3v) is 2.26. The molecule has 0 aliphatic heterocycles. The highest BCUT2D eigenvalue weighted by molar-refractivity contribution is 5.71. The molecule has 0 unspecified atom stereocenters. The fourth-order valence-corrected chi connectivity index (χ4v) is 1.46. The van der Waals surface area contributed by atoms with Crippen LogP contribution in [0.5, 0.6) is 11.8 Å². The summed E-state index contributed by atoms with van der Waals surface area (Å²) in [4.78, 5) is 1.85. The highest BCUT2D eigenvalue weighted by Gasteiger charge is 2.28. The fourth-order valence-electron chi connectivity index (χ4n) is 1.46. The minimum atomic E-state index is -2.30. The second-order valence-electron chi connectivity index (χ2n) is 3.36. The molecule has 0 aliphatic carbocycles. The number of H-pyrrole nitrogens is 1. The van der Waals surface area contributed by atoms with Crippen LogP contribution in [-0.4, -0.2) is 15.2 Å². The molecule has 0 spiro atoms. The number of rotatable bonds is 1. The molecular formula is C10H4F5NO2. The molecule has 2 aromatic rings. The van der Waals surface area contributed by atoms with Gasteiger partial charge in [0.25, 0.3) is 0 Å². The van der Waals surface area contributed by atoms with E-state index in [0.717, 1.165) is 0 Å². The summed E-state index contributed by atoms with van der Waals surface area (Å²) in [6.45, 7) is 0. The van der Waals surface area contributed by atoms with E-state index in [2.05, 4.69) is 0 Å². The molecule has 0 saturated heterocycles. The summed E-state index contributed by atoms with van der Waals surface area (Å²) in [5.74, 6) is -12.4. The van der Waals surface area contributed by atoms with Crippen molar-refractivity contribution in [3.05, 3.63) is 35.2 Å². The Labute approximate surface area is 96.1 Å². The first kappa shape index (κ1) is 12.2. The van der Waals surface area contributed by atoms with Crippen molar-refractivity contribution in [3.63, 3.8) is 0 Å². The molecule has 3 N–H and O–H groups in total. The predicted molar refractivity (Wildman–Crippen MR) is 49.3 cm³/mol. The Morgan fingerprint density at radius 1 is 0.778 bits per heavy atom. The highest BCUT2D eigenvalue weighted by Crippen LogP contribution is 2.37. The molecule has 0 atom stereocenters. The van der Waals surface area contributed by atoms with E-state index in [0.29, 0.717) is 6.07 Å². The summed E-state index contributed by atoms with van der Waals surface area (Å²) in [7, 11) is 0. The molecule has 0 amide bonds. The maximum absolute atomic E-state index is 13.3. The monoisotopic (exact) mass is 265 g/mol. The second kappa shape index (κ2) is 3.90. The average molecular weight is 265 g/mol. The van der Waals surface area contributed by atoms with E-state index < -0.39 is 52.0 Å². The summed E-state index contributed by atoms with van der Waals surface area (Å²) in [6, 6.07) is 0.633. The second-order valence-corrected chi connectivity index (χ2v) is 3.36. The summed E-state index contributed by atoms with van der Waals surface area (Å²) in [6.07, 6.45) is 0. The van der Waals surface area contributed by atoms with Crippen LogP contribution in [0.15, 0.2) is 6.07 Å². The minimum absolute atomic E-state index is 0.633. The number of aromatic hydroxyl groups is 2. The van der Waals surface area contributed by atoms with E-state index in [1.165, 1.54) is 0 Å². The van der Waals surface area contributed by atoms with Gasteiger partial charge in [-0.3, -0.25) is 4.98 Å². The normalized spacial score (nSPS) is 10.9. The molecule has 1 heterocycles. The fraction of sp³-hybridized carbons (Fsp3) is 0. The van der Waals surface area contributed by atoms with Gasteiger partial charge >= 0.3 is 0 Å². The van der Waals surface area contributed by atoms with Crippen molar-refractivity contribution in [2.24, 2.45) is 0 Å². The number of aromatic nitrogens is 1. The van der Waals surface area contributed by atoms with Gasteiger partial charge in [0.1, 0.15) is 0 Å². The van der Waals surface area contributed by atoms with E-state index in [4.69, 9.17) is 5.11 Å². The Hall–Kier alpha value is -2.25. The van der Waals surface area contributed by atoms with Gasteiger partial charge in [0.05, 0.1) is 11.1 Å². The lowest BCUT2D eigenvalue weighted by atomic mass is 10.1. The summed E-state index contributed by atoms with van der Waals surface area (Å²) < 4.78 is 65.3. The molecule has 0 radical (unpaired) electrons. The molecule has 0 saturated carbocycles. The molecule has 18 heavy (non-hydrogen) atoms. The lowest BCUT2D eigenvalue weighted by Crippen LogP contribution is -2.03. The third-order valence-electron chi connectivity index (χ3n) is 2.26. The SMILES string of the molecule is Oc1cc(-c2c(F)c(F)c(F)c(F)c2F)c(O)[nH]1. The van der Waals surface area contributed by atoms with Gasteiger partial charge in [-0.2, -0.15) is 0 Å². The Bertz CT molecular complexity index is 609. The average Bonchev–Trinajstić information content (AvgIpc) is 2.64. The zero-order valence-electron chi connectivity index (χ0n) is 8.36. The first-order chi connectivity index (χ1) is 8.34. The van der Waals surface area contributed by atoms with E-state index >= 15 is 0 Å². The van der Waals surface area contributed by atoms with Crippen molar-refractivity contribution >= 4 is 0 Å². The first-order valence-corrected chi connectivity index (χ1v) is 4.47. The number of nitrogens with one attached hydrogen (secondary N) is 1. The van der Waals surface area contributed by atoms with Crippen molar-refractivity contribution in [2.45, 2.75) is 0 Å². The number of hydrogen-bond acceptors (Lipinski definition) is 2. The molecule has 2 rings (SSSR count). The van der Waals surface area contributed by atoms with Gasteiger partial charge in [-0.25, -0.2) is 22.0 Å². The molecule has 0 bridgehead atoms. The topological polar surface area (TPSA) is 56.2 Å². The summed E-state index contributed by atoms with van der Waals surface area (Å²) >= 11 is 0. The predicted octanol–water partition coefficient (Wildman–Crippen LogP) is 2.79. The van der Waals surface area contributed by atoms with Crippen LogP contribution in [0, 0.1) is 29.1 Å². The Morgan fingerprint density at radius 2 is 1.22 bits per heavy atom. The van der Waals surface area contributed by atoms with Crippen LogP contribution in [0.3, 0.4) is 0 Å². The third kappa shape index (κ3) is 1.57. The van der Waals surface area contributed by atoms with Crippen LogP contribution in [-0.2, 0) is 0 Å². The first-order valence-electron chi connectivity index (χ1n) is 4.47. The Morgan fingerprint density at radius 3 is 1.61 bits per heavy atom. The van der Waals surface area contributed by atoms with Crippen molar-refractivity contribution in [1.29, 1.82) is 0 Å². The molecule has 1 aromatic heterocycles. The standard InChI is InChI=1S/C10H4F5NO2/c11-5-4(2-1-3(17)16-10(2)18)6(12)8(14)9(15)7(5)13/h1,16-18H. The van der Waals surface area contributed by atoms with E-state index in [9.17, 15) is 27.1 Å². The van der Waals surface area contributed by atoms with Crippen LogP contribution in [0.1, 0.15) is 0 Å². The van der Waals surface area contributed by atoms with Crippen molar-refractivity contribution in [3.8, 4) is 22.9 Å². The largest absolute Gasteiger partial charge is 0.494 e. The van der Waals surface area contributed by atoms with Gasteiger partial charge in [-0.1, -0.05) is 0 Å². The molecule has 0 fully saturated rings. The Kier molecular flexibility index (Phi) is 2.64. The van der Waals surface area contributed by atoms with Gasteiger partial charge in [-0.15, -0.1) is 0 Å². The van der Waals surface area contributed by atoms with Crippen molar-refractivity contribution in [2.75, 3.05) is 0 Å². The molecule has 3 nitrogen and oxygen atoms in total. The smallest absolute Gasteiger partial charge is 0.200 e. The quantitative estimate of drug-likeness (QED) is 0.422. The maximum atomic E-state index is 13.3. The highest BCUT2D eigenvalue weighted by atomic mass is 19.2. The van der Waals surface area contributed by atoms with Crippen molar-refractivity contribution in [1.82, 2.24) is 4.98 Å². The number of hydrogen-bond donors (Lipinski definition) is 3. The molecule has 1 aromatic carbocycles. The number of benzene rings is 1. The van der Waals surface area contributed by atoms with Crippen LogP contribution >= 0.6 is 0 Å². The minimum Gasteiger partial charge on any atom is -0.494 e. The summed E-state index contributed by atoms with van der Waals surface area (Å²) in [5, 5.41) is 18.1. The molecular weight excluding hydrogens is 261 g/mol. The summed E-state index contributed by atoms with van der Waals surface area (Å²) in [5.41, 5.74) is -2.05. The van der Waals surface area contributed by atoms with E-state index in [1.54, 1.807) is 0 Å². The Balaban J connectivity index is 2.84. The lowest BCUT2D eigenvalue weighted by Gasteiger charge is -2.06. The van der Waals surface area contributed by atoms with Crippen LogP contribution < -0.4 is 0 Å². The lowest BCUT2D eigenvalue weighted by molar-refractivity contribution is 0.380. The maximum Gasteiger partial charge on any atom is 0.200 e. The van der Waals surface area contributed by atoms with Gasteiger partial charge in [-0.05, 0) is 0 Å². The van der Waals surface area contributed by atoms with Crippen LogP contribution in [0.25, 0.3) is 11.1 Å². The number of aromatic amines is 1. The zero-order valence-corrected chi connectivity index (χ0v) is 8.36. The van der Waals surface area contributed by atoms with E-state index in [1.807, 2.05) is 4.98 Å². The van der Waals surface area contributed by atoms with Crippen molar-refractivity contribution < 1.29 is 32.2 Å². The molecule has 96 valence electrons. The van der Waals surface area contributed by atoms with Gasteiger partial charge in [0.2, 0.25) is 5.82 Å². The molecule has 8 heteroatoms. The number of halogens is 5. The van der Waals surface area contributed by atoms with Crippen LogP contribution in [0.4, 0.5) is 22.0 Å². The zero-order chi connectivity index (χ0) is 13.6. The van der Waals surface area contributed by atoms with E-state index in [-0.39, 0.29) is 0 Å². The molecule has 0 aliphatic rings. The van der Waals surface area contributed by atoms with Gasteiger partial charge in [0, 0.05) is 6.07 Å². The van der Waals surface area contributed by atoms with Gasteiger partial charge in [0.15, 0.2) is 35.0 Å².